The van der Waals surface area contributed by atoms with Crippen molar-refractivity contribution < 1.29 is 5.11 Å². The van der Waals surface area contributed by atoms with Crippen LogP contribution in [0.2, 0.25) is 0 Å². The summed E-state index contributed by atoms with van der Waals surface area (Å²) >= 11 is 0. The average Bonchev–Trinajstić information content (AvgIpc) is 1.37. The third kappa shape index (κ3) is 11.9. The molecule has 0 rings (SSSR count). The van der Waals surface area contributed by atoms with Crippen molar-refractivity contribution in [2.75, 3.05) is 6.61 Å². The molecule has 0 unspecified atom stereocenters. The van der Waals surface area contributed by atoms with Gasteiger partial charge >= 0.3 is 29.6 Å². The zero-order valence-electron chi connectivity index (χ0n) is 2.44. The minimum atomic E-state index is 0. The van der Waals surface area contributed by atoms with Gasteiger partial charge in [-0.15, -0.1) is 6.58 Å². The van der Waals surface area contributed by atoms with Gasteiger partial charge in [-0.3, -0.25) is 0 Å². The normalized spacial score (nSPS) is 5.00. The molecule has 0 aromatic heterocycles. The van der Waals surface area contributed by atoms with Crippen molar-refractivity contribution in [1.29, 1.82) is 0 Å². The number of aliphatic hydroxyl groups is 1. The molecule has 0 aromatic carbocycles. The van der Waals surface area contributed by atoms with Crippen LogP contribution in [0, 0.1) is 0 Å². The van der Waals surface area contributed by atoms with Gasteiger partial charge in [-0.05, 0) is 0 Å². The predicted octanol–water partition coefficient (Wildman–Crippen LogP) is -0.484. The van der Waals surface area contributed by atoms with Gasteiger partial charge in [0.2, 0.25) is 0 Å². The van der Waals surface area contributed by atoms with Crippen LogP contribution >= 0.6 is 0 Å². The Bertz CT molecular complexity index is 20.9. The van der Waals surface area contributed by atoms with Crippen LogP contribution in [-0.4, -0.2) is 41.3 Å². The van der Waals surface area contributed by atoms with Crippen molar-refractivity contribution in [2.24, 2.45) is 0 Å². The molecule has 0 bridgehead atoms. The van der Waals surface area contributed by atoms with E-state index in [1.165, 1.54) is 6.08 Å². The van der Waals surface area contributed by atoms with E-state index in [2.05, 4.69) is 6.58 Å². The molecule has 0 aromatic rings. The second-order valence-corrected chi connectivity index (χ2v) is 0.471. The third-order valence-corrected chi connectivity index (χ3v) is 0.129. The van der Waals surface area contributed by atoms with E-state index < -0.39 is 0 Å². The van der Waals surface area contributed by atoms with Gasteiger partial charge < -0.3 is 5.11 Å². The molecule has 5 heavy (non-hydrogen) atoms. The first-order valence-corrected chi connectivity index (χ1v) is 1.13. The average molecular weight is 82.1 g/mol. The van der Waals surface area contributed by atoms with Crippen LogP contribution in [0.15, 0.2) is 12.7 Å². The van der Waals surface area contributed by atoms with Gasteiger partial charge in [-0.1, -0.05) is 6.08 Å². The molecule has 1 N–H and O–H groups in total. The van der Waals surface area contributed by atoms with Gasteiger partial charge in [-0.25, -0.2) is 0 Å². The van der Waals surface area contributed by atoms with Crippen LogP contribution in [0.25, 0.3) is 0 Å². The summed E-state index contributed by atoms with van der Waals surface area (Å²) < 4.78 is 0. The van der Waals surface area contributed by atoms with Gasteiger partial charge in [0.25, 0.3) is 0 Å². The molecule has 0 fully saturated rings. The Morgan fingerprint density at radius 1 is 1.80 bits per heavy atom. The van der Waals surface area contributed by atoms with Crippen molar-refractivity contribution in [3.63, 3.8) is 0 Å². The van der Waals surface area contributed by atoms with Crippen LogP contribution < -0.4 is 0 Å². The Balaban J connectivity index is 0. The van der Waals surface area contributed by atoms with Crippen molar-refractivity contribution >= 4 is 29.6 Å². The van der Waals surface area contributed by atoms with E-state index in [9.17, 15) is 0 Å². The fourth-order valence-corrected chi connectivity index (χ4v) is 0. The van der Waals surface area contributed by atoms with Gasteiger partial charge in [-0.2, -0.15) is 0 Å². The summed E-state index contributed by atoms with van der Waals surface area (Å²) in [6.45, 7) is 3.31. The first-order chi connectivity index (χ1) is 1.91. The molecule has 0 heterocycles. The molecule has 0 saturated carbocycles. The van der Waals surface area contributed by atoms with E-state index in [0.717, 1.165) is 0 Å². The topological polar surface area (TPSA) is 20.2 Å². The number of hydrogen-bond acceptors (Lipinski definition) is 1. The zero-order chi connectivity index (χ0) is 3.41. The Morgan fingerprint density at radius 2 is 2.00 bits per heavy atom. The number of rotatable bonds is 1. The number of hydrogen-bond donors (Lipinski definition) is 1. The molecule has 0 aliphatic rings. The first-order valence-electron chi connectivity index (χ1n) is 1.13. The van der Waals surface area contributed by atoms with Crippen molar-refractivity contribution in [3.05, 3.63) is 12.7 Å². The Morgan fingerprint density at radius 3 is 2.00 bits per heavy atom. The minimum absolute atomic E-state index is 0. The van der Waals surface area contributed by atoms with Crippen LogP contribution in [0.4, 0.5) is 0 Å². The van der Waals surface area contributed by atoms with E-state index in [1.54, 1.807) is 0 Å². The van der Waals surface area contributed by atoms with E-state index in [-0.39, 0.29) is 36.2 Å². The molecule has 0 spiro atoms. The third-order valence-electron chi connectivity index (χ3n) is 0.129. The van der Waals surface area contributed by atoms with E-state index in [0.29, 0.717) is 0 Å². The zero-order valence-corrected chi connectivity index (χ0v) is 2.44. The standard InChI is InChI=1S/C3H6O.Na.H/c1-2-3-4;;/h2,4H,1,3H2;;. The quantitative estimate of drug-likeness (QED) is 0.334. The van der Waals surface area contributed by atoms with Crippen molar-refractivity contribution in [3.8, 4) is 0 Å². The van der Waals surface area contributed by atoms with Gasteiger partial charge in [0.05, 0.1) is 6.61 Å². The molecule has 0 amide bonds. The van der Waals surface area contributed by atoms with E-state index in [1.807, 2.05) is 0 Å². The molecule has 0 radical (unpaired) electrons. The summed E-state index contributed by atoms with van der Waals surface area (Å²) in [7, 11) is 0. The van der Waals surface area contributed by atoms with Gasteiger partial charge in [0, 0.05) is 0 Å². The van der Waals surface area contributed by atoms with Crippen LogP contribution in [0.5, 0.6) is 0 Å². The van der Waals surface area contributed by atoms with Gasteiger partial charge in [0.1, 0.15) is 0 Å². The molecule has 0 aliphatic carbocycles. The summed E-state index contributed by atoms with van der Waals surface area (Å²) in [4.78, 5) is 0. The predicted molar refractivity (Wildman–Crippen MR) is 24.4 cm³/mol. The fraction of sp³-hybridized carbons (Fsp3) is 0.333. The second kappa shape index (κ2) is 8.83. The fourth-order valence-electron chi connectivity index (χ4n) is 0. The van der Waals surface area contributed by atoms with Crippen LogP contribution in [-0.2, 0) is 0 Å². The Kier molecular flexibility index (Phi) is 16.2. The molecule has 26 valence electrons. The van der Waals surface area contributed by atoms with Crippen molar-refractivity contribution in [1.82, 2.24) is 0 Å². The Labute approximate surface area is 54.0 Å². The van der Waals surface area contributed by atoms with E-state index in [4.69, 9.17) is 5.11 Å². The SMILES string of the molecule is C=CCO.[NaH]. The maximum absolute atomic E-state index is 7.76. The Hall–Kier alpha value is 0.700. The van der Waals surface area contributed by atoms with Crippen LogP contribution in [0.3, 0.4) is 0 Å². The molecule has 0 atom stereocenters. The maximum atomic E-state index is 7.76. The van der Waals surface area contributed by atoms with Crippen LogP contribution in [0.1, 0.15) is 0 Å². The summed E-state index contributed by atoms with van der Waals surface area (Å²) in [6.07, 6.45) is 1.43. The number of aliphatic hydroxyl groups excluding tert-OH is 1. The molecular weight excluding hydrogens is 75.0 g/mol. The van der Waals surface area contributed by atoms with Crippen molar-refractivity contribution in [2.45, 2.75) is 0 Å². The van der Waals surface area contributed by atoms with E-state index >= 15 is 0 Å². The monoisotopic (exact) mass is 82.0 g/mol. The molecular formula is C3H7NaO. The molecule has 0 saturated heterocycles. The van der Waals surface area contributed by atoms with Gasteiger partial charge in [0.15, 0.2) is 0 Å². The molecule has 1 nitrogen and oxygen atoms in total. The molecule has 0 aliphatic heterocycles. The summed E-state index contributed by atoms with van der Waals surface area (Å²) in [6, 6.07) is 0. The molecule has 2 heteroatoms. The second-order valence-electron chi connectivity index (χ2n) is 0.471. The first kappa shape index (κ1) is 9.20. The summed E-state index contributed by atoms with van der Waals surface area (Å²) in [5.41, 5.74) is 0. The summed E-state index contributed by atoms with van der Waals surface area (Å²) in [5.74, 6) is 0. The summed E-state index contributed by atoms with van der Waals surface area (Å²) in [5, 5.41) is 7.76.